The molecule has 0 fully saturated rings. The van der Waals surface area contributed by atoms with Crippen LogP contribution in [0.25, 0.3) is 0 Å². The maximum absolute atomic E-state index is 11.7. The molecule has 1 N–H and O–H groups in total. The topological polar surface area (TPSA) is 59.8 Å². The van der Waals surface area contributed by atoms with E-state index in [-0.39, 0.29) is 5.91 Å². The number of amides is 1. The van der Waals surface area contributed by atoms with E-state index in [1.807, 2.05) is 32.3 Å². The molecule has 0 unspecified atom stereocenters. The van der Waals surface area contributed by atoms with Gasteiger partial charge in [-0.1, -0.05) is 0 Å². The Bertz CT molecular complexity index is 533. The van der Waals surface area contributed by atoms with Gasteiger partial charge in [0.1, 0.15) is 5.82 Å². The fourth-order valence-electron chi connectivity index (χ4n) is 1.54. The van der Waals surface area contributed by atoms with Crippen molar-refractivity contribution in [2.75, 3.05) is 5.32 Å². The van der Waals surface area contributed by atoms with Gasteiger partial charge in [-0.25, -0.2) is 4.98 Å². The largest absolute Gasteiger partial charge is 0.310 e. The first-order chi connectivity index (χ1) is 8.13. The summed E-state index contributed by atoms with van der Waals surface area (Å²) < 4.78 is 1.67. The lowest BCUT2D eigenvalue weighted by Gasteiger charge is -2.03. The number of anilines is 1. The Labute approximate surface area is 99.5 Å². The van der Waals surface area contributed by atoms with Crippen LogP contribution in [-0.4, -0.2) is 20.7 Å². The molecule has 0 saturated heterocycles. The fraction of sp³-hybridized carbons (Fsp3) is 0.250. The molecule has 5 nitrogen and oxygen atoms in total. The molecule has 0 saturated carbocycles. The van der Waals surface area contributed by atoms with Crippen LogP contribution >= 0.6 is 0 Å². The average Bonchev–Trinajstić information content (AvgIpc) is 2.63. The summed E-state index contributed by atoms with van der Waals surface area (Å²) in [6.45, 7) is 1.96. The highest BCUT2D eigenvalue weighted by molar-refractivity contribution is 5.91. The predicted octanol–water partition coefficient (Wildman–Crippen LogP) is 1.30. The van der Waals surface area contributed by atoms with Gasteiger partial charge in [-0.05, 0) is 30.2 Å². The first-order valence-electron chi connectivity index (χ1n) is 5.33. The summed E-state index contributed by atoms with van der Waals surface area (Å²) in [7, 11) is 1.82. The molecule has 1 amide bonds. The van der Waals surface area contributed by atoms with Crippen molar-refractivity contribution < 1.29 is 4.79 Å². The van der Waals surface area contributed by atoms with Crippen molar-refractivity contribution >= 4 is 11.7 Å². The van der Waals surface area contributed by atoms with Gasteiger partial charge in [-0.2, -0.15) is 5.10 Å². The number of nitrogens with zero attached hydrogens (tertiary/aromatic N) is 3. The van der Waals surface area contributed by atoms with E-state index in [9.17, 15) is 4.79 Å². The van der Waals surface area contributed by atoms with Crippen molar-refractivity contribution in [3.63, 3.8) is 0 Å². The van der Waals surface area contributed by atoms with Crippen molar-refractivity contribution in [3.05, 3.63) is 41.9 Å². The highest BCUT2D eigenvalue weighted by atomic mass is 16.1. The number of carbonyl (C=O) groups excluding carboxylic acids is 1. The van der Waals surface area contributed by atoms with Crippen LogP contribution in [0.4, 0.5) is 5.82 Å². The minimum atomic E-state index is -0.0869. The van der Waals surface area contributed by atoms with Crippen molar-refractivity contribution in [3.8, 4) is 0 Å². The van der Waals surface area contributed by atoms with Crippen LogP contribution in [0.15, 0.2) is 30.7 Å². The van der Waals surface area contributed by atoms with Crippen LogP contribution in [0.5, 0.6) is 0 Å². The SMILES string of the molecule is Cc1ccnc(NC(=O)Cc2cnn(C)c2)c1. The second-order valence-electron chi connectivity index (χ2n) is 3.97. The number of rotatable bonds is 3. The summed E-state index contributed by atoms with van der Waals surface area (Å²) in [6, 6.07) is 3.72. The van der Waals surface area contributed by atoms with E-state index in [2.05, 4.69) is 15.4 Å². The van der Waals surface area contributed by atoms with Gasteiger partial charge >= 0.3 is 0 Å². The van der Waals surface area contributed by atoms with Crippen LogP contribution in [-0.2, 0) is 18.3 Å². The molecule has 0 spiro atoms. The third-order valence-electron chi connectivity index (χ3n) is 2.31. The van der Waals surface area contributed by atoms with Crippen molar-refractivity contribution in [2.24, 2.45) is 7.05 Å². The van der Waals surface area contributed by atoms with Gasteiger partial charge < -0.3 is 5.32 Å². The van der Waals surface area contributed by atoms with E-state index in [1.165, 1.54) is 0 Å². The third-order valence-corrected chi connectivity index (χ3v) is 2.31. The second-order valence-corrected chi connectivity index (χ2v) is 3.97. The Hall–Kier alpha value is -2.17. The zero-order valence-electron chi connectivity index (χ0n) is 9.84. The molecular weight excluding hydrogens is 216 g/mol. The molecule has 2 aromatic rings. The van der Waals surface area contributed by atoms with E-state index in [0.29, 0.717) is 12.2 Å². The fourth-order valence-corrected chi connectivity index (χ4v) is 1.54. The number of pyridine rings is 1. The van der Waals surface area contributed by atoms with Crippen LogP contribution in [0, 0.1) is 6.92 Å². The number of hydrogen-bond donors (Lipinski definition) is 1. The van der Waals surface area contributed by atoms with Gasteiger partial charge in [0.05, 0.1) is 12.6 Å². The quantitative estimate of drug-likeness (QED) is 0.864. The first-order valence-corrected chi connectivity index (χ1v) is 5.33. The maximum atomic E-state index is 11.7. The highest BCUT2D eigenvalue weighted by Gasteiger charge is 2.06. The smallest absolute Gasteiger partial charge is 0.230 e. The summed E-state index contributed by atoms with van der Waals surface area (Å²) in [4.78, 5) is 15.8. The Balaban J connectivity index is 1.98. The van der Waals surface area contributed by atoms with E-state index in [0.717, 1.165) is 11.1 Å². The molecule has 2 rings (SSSR count). The Morgan fingerprint density at radius 3 is 3.00 bits per heavy atom. The summed E-state index contributed by atoms with van der Waals surface area (Å²) in [5.41, 5.74) is 1.95. The number of nitrogens with one attached hydrogen (secondary N) is 1. The molecule has 0 radical (unpaired) electrons. The molecule has 0 aliphatic heterocycles. The van der Waals surface area contributed by atoms with E-state index < -0.39 is 0 Å². The molecule has 5 heteroatoms. The molecule has 0 aliphatic rings. The molecule has 2 heterocycles. The van der Waals surface area contributed by atoms with E-state index in [1.54, 1.807) is 17.1 Å². The molecular formula is C12H14N4O. The number of aromatic nitrogens is 3. The first kappa shape index (κ1) is 11.3. The lowest BCUT2D eigenvalue weighted by Crippen LogP contribution is -2.15. The van der Waals surface area contributed by atoms with Crippen LogP contribution < -0.4 is 5.32 Å². The maximum Gasteiger partial charge on any atom is 0.230 e. The van der Waals surface area contributed by atoms with Crippen molar-refractivity contribution in [1.29, 1.82) is 0 Å². The van der Waals surface area contributed by atoms with Crippen LogP contribution in [0.3, 0.4) is 0 Å². The molecule has 0 aliphatic carbocycles. The second kappa shape index (κ2) is 4.78. The minimum Gasteiger partial charge on any atom is -0.310 e. The lowest BCUT2D eigenvalue weighted by molar-refractivity contribution is -0.115. The number of carbonyl (C=O) groups is 1. The molecule has 0 aromatic carbocycles. The third kappa shape index (κ3) is 3.14. The normalized spacial score (nSPS) is 10.2. The summed E-state index contributed by atoms with van der Waals surface area (Å²) in [5.74, 6) is 0.495. The van der Waals surface area contributed by atoms with Crippen LogP contribution in [0.1, 0.15) is 11.1 Å². The van der Waals surface area contributed by atoms with Gasteiger partial charge in [0.25, 0.3) is 0 Å². The Morgan fingerprint density at radius 1 is 1.53 bits per heavy atom. The van der Waals surface area contributed by atoms with Crippen LogP contribution in [0.2, 0.25) is 0 Å². The molecule has 2 aromatic heterocycles. The predicted molar refractivity (Wildman–Crippen MR) is 64.5 cm³/mol. The van der Waals surface area contributed by atoms with Gasteiger partial charge in [-0.3, -0.25) is 9.48 Å². The van der Waals surface area contributed by atoms with E-state index in [4.69, 9.17) is 0 Å². The summed E-state index contributed by atoms with van der Waals surface area (Å²) in [5, 5.41) is 6.77. The highest BCUT2D eigenvalue weighted by Crippen LogP contribution is 2.06. The summed E-state index contributed by atoms with van der Waals surface area (Å²) in [6.07, 6.45) is 5.49. The zero-order chi connectivity index (χ0) is 12.3. The molecule has 17 heavy (non-hydrogen) atoms. The van der Waals surface area contributed by atoms with Crippen molar-refractivity contribution in [1.82, 2.24) is 14.8 Å². The van der Waals surface area contributed by atoms with Gasteiger partial charge in [0, 0.05) is 19.4 Å². The molecule has 88 valence electrons. The summed E-state index contributed by atoms with van der Waals surface area (Å²) >= 11 is 0. The molecule has 0 atom stereocenters. The minimum absolute atomic E-state index is 0.0869. The molecule has 0 bridgehead atoms. The Morgan fingerprint density at radius 2 is 2.35 bits per heavy atom. The average molecular weight is 230 g/mol. The number of hydrogen-bond acceptors (Lipinski definition) is 3. The van der Waals surface area contributed by atoms with E-state index >= 15 is 0 Å². The monoisotopic (exact) mass is 230 g/mol. The number of aryl methyl sites for hydroxylation is 2. The van der Waals surface area contributed by atoms with Gasteiger partial charge in [0.15, 0.2) is 0 Å². The standard InChI is InChI=1S/C12H14N4O/c1-9-3-4-13-11(5-9)15-12(17)6-10-7-14-16(2)8-10/h3-5,7-8H,6H2,1-2H3,(H,13,15,17). The Kier molecular flexibility index (Phi) is 3.18. The van der Waals surface area contributed by atoms with Gasteiger partial charge in [-0.15, -0.1) is 0 Å². The zero-order valence-corrected chi connectivity index (χ0v) is 9.84. The van der Waals surface area contributed by atoms with Crippen molar-refractivity contribution in [2.45, 2.75) is 13.3 Å². The van der Waals surface area contributed by atoms with Gasteiger partial charge in [0.2, 0.25) is 5.91 Å². The lowest BCUT2D eigenvalue weighted by atomic mass is 10.2.